The number of nitrogens with one attached hydrogen (secondary N) is 1. The van der Waals surface area contributed by atoms with Gasteiger partial charge in [-0.05, 0) is 48.0 Å². The van der Waals surface area contributed by atoms with Crippen molar-refractivity contribution in [2.24, 2.45) is 0 Å². The summed E-state index contributed by atoms with van der Waals surface area (Å²) in [5, 5.41) is 30.6. The molecule has 1 aromatic heterocycles. The summed E-state index contributed by atoms with van der Waals surface area (Å²) in [6, 6.07) is 11.8. The number of hydrogen-bond donors (Lipinski definition) is 4. The Labute approximate surface area is 183 Å². The van der Waals surface area contributed by atoms with Gasteiger partial charge in [-0.15, -0.1) is 0 Å². The summed E-state index contributed by atoms with van der Waals surface area (Å²) >= 11 is 6.09. The fourth-order valence-electron chi connectivity index (χ4n) is 4.02. The van der Waals surface area contributed by atoms with Gasteiger partial charge in [0.25, 0.3) is 0 Å². The zero-order chi connectivity index (χ0) is 22.1. The van der Waals surface area contributed by atoms with Gasteiger partial charge in [0.1, 0.15) is 11.9 Å². The summed E-state index contributed by atoms with van der Waals surface area (Å²) < 4.78 is 0. The van der Waals surface area contributed by atoms with E-state index in [1.165, 1.54) is 0 Å². The number of carboxylic acid groups (broad SMARTS) is 2. The van der Waals surface area contributed by atoms with Crippen LogP contribution in [-0.4, -0.2) is 69.5 Å². The van der Waals surface area contributed by atoms with Crippen molar-refractivity contribution in [2.75, 3.05) is 31.1 Å². The molecule has 31 heavy (non-hydrogen) atoms. The summed E-state index contributed by atoms with van der Waals surface area (Å²) in [4.78, 5) is 29.7. The van der Waals surface area contributed by atoms with E-state index in [-0.39, 0.29) is 17.7 Å². The fourth-order valence-corrected chi connectivity index (χ4v) is 4.19. The molecule has 0 amide bonds. The van der Waals surface area contributed by atoms with Gasteiger partial charge in [-0.2, -0.15) is 0 Å². The number of anilines is 1. The first-order valence-corrected chi connectivity index (χ1v) is 10.2. The molecule has 162 valence electrons. The van der Waals surface area contributed by atoms with Crippen LogP contribution >= 0.6 is 11.6 Å². The standard InChI is InChI=1S/C22H22ClN3O5/c23-14-3-6-18-16(11-14)17(20(24-18)22(30)31)12-19(27)26-9-7-25(8-10-26)15-4-1-13(2-5-15)21(28)29/h1-6,11,19,24,27H,7-10,12H2,(H,28,29)(H,30,31). The number of H-pyrrole nitrogens is 1. The van der Waals surface area contributed by atoms with Gasteiger partial charge in [0.2, 0.25) is 0 Å². The number of piperazine rings is 1. The largest absolute Gasteiger partial charge is 0.478 e. The van der Waals surface area contributed by atoms with Gasteiger partial charge in [0.15, 0.2) is 0 Å². The molecule has 2 heterocycles. The number of nitrogens with zero attached hydrogens (tertiary/aromatic N) is 2. The third kappa shape index (κ3) is 4.36. The second kappa shape index (κ2) is 8.58. The Morgan fingerprint density at radius 3 is 2.29 bits per heavy atom. The lowest BCUT2D eigenvalue weighted by molar-refractivity contribution is 0.00116. The molecule has 1 aliphatic rings. The Kier molecular flexibility index (Phi) is 5.86. The molecule has 0 radical (unpaired) electrons. The average molecular weight is 444 g/mol. The van der Waals surface area contributed by atoms with Crippen LogP contribution in [0.4, 0.5) is 5.69 Å². The molecule has 0 spiro atoms. The molecule has 1 fully saturated rings. The lowest BCUT2D eigenvalue weighted by Crippen LogP contribution is -2.51. The van der Waals surface area contributed by atoms with Gasteiger partial charge in [-0.25, -0.2) is 9.59 Å². The van der Waals surface area contributed by atoms with E-state index in [1.54, 1.807) is 42.5 Å². The van der Waals surface area contributed by atoms with E-state index in [0.29, 0.717) is 47.7 Å². The van der Waals surface area contributed by atoms with E-state index in [9.17, 15) is 19.8 Å². The van der Waals surface area contributed by atoms with Crippen LogP contribution in [0.25, 0.3) is 10.9 Å². The molecule has 3 aromatic rings. The maximum absolute atomic E-state index is 11.7. The van der Waals surface area contributed by atoms with Crippen molar-refractivity contribution in [3.05, 3.63) is 64.3 Å². The molecule has 0 saturated carbocycles. The van der Waals surface area contributed by atoms with Crippen LogP contribution in [0.15, 0.2) is 42.5 Å². The summed E-state index contributed by atoms with van der Waals surface area (Å²) in [7, 11) is 0. The van der Waals surface area contributed by atoms with Gasteiger partial charge < -0.3 is 25.2 Å². The van der Waals surface area contributed by atoms with E-state index in [2.05, 4.69) is 9.88 Å². The van der Waals surface area contributed by atoms with Gasteiger partial charge in [-0.1, -0.05) is 11.6 Å². The predicted molar refractivity (Wildman–Crippen MR) is 117 cm³/mol. The summed E-state index contributed by atoms with van der Waals surface area (Å²) in [6.07, 6.45) is -0.678. The molecule has 1 saturated heterocycles. The fraction of sp³-hybridized carbons (Fsp3) is 0.273. The number of aliphatic hydroxyl groups is 1. The minimum Gasteiger partial charge on any atom is -0.478 e. The Hall–Kier alpha value is -3.07. The van der Waals surface area contributed by atoms with Gasteiger partial charge in [0, 0.05) is 54.2 Å². The highest BCUT2D eigenvalue weighted by molar-refractivity contribution is 6.31. The highest BCUT2D eigenvalue weighted by Gasteiger charge is 2.26. The second-order valence-electron chi connectivity index (χ2n) is 7.53. The van der Waals surface area contributed by atoms with E-state index >= 15 is 0 Å². The maximum Gasteiger partial charge on any atom is 0.352 e. The van der Waals surface area contributed by atoms with Crippen molar-refractivity contribution in [2.45, 2.75) is 12.6 Å². The number of carboxylic acids is 2. The number of benzene rings is 2. The number of rotatable bonds is 6. The summed E-state index contributed by atoms with van der Waals surface area (Å²) in [6.45, 7) is 2.50. The highest BCUT2D eigenvalue weighted by Crippen LogP contribution is 2.28. The quantitative estimate of drug-likeness (QED) is 0.462. The van der Waals surface area contributed by atoms with Crippen LogP contribution in [-0.2, 0) is 6.42 Å². The van der Waals surface area contributed by atoms with Gasteiger partial charge in [0.05, 0.1) is 5.56 Å². The minimum atomic E-state index is -1.08. The Balaban J connectivity index is 1.45. The zero-order valence-electron chi connectivity index (χ0n) is 16.6. The van der Waals surface area contributed by atoms with Crippen molar-refractivity contribution in [3.63, 3.8) is 0 Å². The van der Waals surface area contributed by atoms with Crippen molar-refractivity contribution in [1.29, 1.82) is 0 Å². The molecule has 0 aliphatic carbocycles. The van der Waals surface area contributed by atoms with E-state index in [4.69, 9.17) is 16.7 Å². The van der Waals surface area contributed by atoms with Crippen LogP contribution in [0.1, 0.15) is 26.4 Å². The summed E-state index contributed by atoms with van der Waals surface area (Å²) in [5.74, 6) is -2.04. The first kappa shape index (κ1) is 21.2. The number of aromatic carboxylic acids is 2. The van der Waals surface area contributed by atoms with Crippen molar-refractivity contribution in [3.8, 4) is 0 Å². The van der Waals surface area contributed by atoms with Gasteiger partial charge in [-0.3, -0.25) is 4.90 Å². The molecule has 4 rings (SSSR count). The third-order valence-corrected chi connectivity index (χ3v) is 5.92. The van der Waals surface area contributed by atoms with Crippen LogP contribution in [0.2, 0.25) is 5.02 Å². The predicted octanol–water partition coefficient (Wildman–Crippen LogP) is 2.90. The topological polar surface area (TPSA) is 117 Å². The Morgan fingerprint density at radius 1 is 1.00 bits per heavy atom. The van der Waals surface area contributed by atoms with Crippen LogP contribution in [0.5, 0.6) is 0 Å². The monoisotopic (exact) mass is 443 g/mol. The number of fused-ring (bicyclic) bond motifs is 1. The van der Waals surface area contributed by atoms with Gasteiger partial charge >= 0.3 is 11.9 Å². The van der Waals surface area contributed by atoms with E-state index in [1.807, 2.05) is 4.90 Å². The second-order valence-corrected chi connectivity index (χ2v) is 7.97. The number of halogens is 1. The molecule has 2 aromatic carbocycles. The van der Waals surface area contributed by atoms with Crippen molar-refractivity contribution >= 4 is 40.1 Å². The summed E-state index contributed by atoms with van der Waals surface area (Å²) in [5.41, 5.74) is 2.43. The number of carbonyl (C=O) groups is 2. The molecule has 4 N–H and O–H groups in total. The molecule has 1 atom stereocenters. The number of hydrogen-bond acceptors (Lipinski definition) is 5. The number of aromatic amines is 1. The molecule has 1 aliphatic heterocycles. The molecule has 9 heteroatoms. The first-order valence-electron chi connectivity index (χ1n) is 9.87. The zero-order valence-corrected chi connectivity index (χ0v) is 17.3. The lowest BCUT2D eigenvalue weighted by Gasteiger charge is -2.38. The number of aliphatic hydroxyl groups excluding tert-OH is 1. The van der Waals surface area contributed by atoms with Crippen molar-refractivity contribution in [1.82, 2.24) is 9.88 Å². The lowest BCUT2D eigenvalue weighted by atomic mass is 10.1. The molecule has 8 nitrogen and oxygen atoms in total. The van der Waals surface area contributed by atoms with E-state index in [0.717, 1.165) is 5.69 Å². The Bertz CT molecular complexity index is 1120. The SMILES string of the molecule is O=C(O)c1ccc(N2CCN(C(O)Cc3c(C(=O)O)[nH]c4ccc(Cl)cc34)CC2)cc1. The highest BCUT2D eigenvalue weighted by atomic mass is 35.5. The minimum absolute atomic E-state index is 0.0634. The molecule has 0 bridgehead atoms. The number of aromatic nitrogens is 1. The van der Waals surface area contributed by atoms with E-state index < -0.39 is 18.2 Å². The molecular formula is C22H22ClN3O5. The molecular weight excluding hydrogens is 422 g/mol. The third-order valence-electron chi connectivity index (χ3n) is 5.68. The smallest absolute Gasteiger partial charge is 0.352 e. The van der Waals surface area contributed by atoms with Crippen LogP contribution < -0.4 is 4.90 Å². The maximum atomic E-state index is 11.7. The van der Waals surface area contributed by atoms with Crippen molar-refractivity contribution < 1.29 is 24.9 Å². The Morgan fingerprint density at radius 2 is 1.68 bits per heavy atom. The van der Waals surface area contributed by atoms with Crippen LogP contribution in [0, 0.1) is 0 Å². The molecule has 1 unspecified atom stereocenters. The normalized spacial score (nSPS) is 15.9. The van der Waals surface area contributed by atoms with Crippen LogP contribution in [0.3, 0.4) is 0 Å². The average Bonchev–Trinajstić information content (AvgIpc) is 3.11. The first-order chi connectivity index (χ1) is 14.8.